The van der Waals surface area contributed by atoms with Crippen LogP contribution in [0.4, 0.5) is 11.4 Å². The van der Waals surface area contributed by atoms with E-state index in [1.54, 1.807) is 37.5 Å². The molecule has 3 aromatic rings. The molecule has 0 atom stereocenters. The number of rotatable bonds is 7. The van der Waals surface area contributed by atoms with Gasteiger partial charge in [0.15, 0.2) is 0 Å². The molecule has 150 valence electrons. The molecule has 0 fully saturated rings. The van der Waals surface area contributed by atoms with Crippen LogP contribution in [0.15, 0.2) is 88.8 Å². The van der Waals surface area contributed by atoms with Crippen LogP contribution in [0.5, 0.6) is 0 Å². The van der Waals surface area contributed by atoms with Crippen LogP contribution in [0, 0.1) is 0 Å². The predicted octanol–water partition coefficient (Wildman–Crippen LogP) is 4.32. The molecule has 0 heterocycles. The molecule has 0 radical (unpaired) electrons. The Balaban J connectivity index is 1.70. The molecule has 0 amide bonds. The van der Waals surface area contributed by atoms with Gasteiger partial charge in [0.2, 0.25) is 10.0 Å². The van der Waals surface area contributed by atoms with Crippen LogP contribution in [0.3, 0.4) is 0 Å². The van der Waals surface area contributed by atoms with Gasteiger partial charge in [0.05, 0.1) is 10.6 Å². The number of benzene rings is 3. The van der Waals surface area contributed by atoms with Gasteiger partial charge in [-0.15, -0.1) is 0 Å². The highest BCUT2D eigenvalue weighted by Crippen LogP contribution is 2.21. The van der Waals surface area contributed by atoms with Crippen molar-refractivity contribution in [3.63, 3.8) is 0 Å². The van der Waals surface area contributed by atoms with Crippen LogP contribution in [-0.2, 0) is 16.6 Å². The molecule has 0 aliphatic rings. The van der Waals surface area contributed by atoms with Crippen molar-refractivity contribution in [2.75, 3.05) is 26.0 Å². The molecule has 0 aromatic heterocycles. The Morgan fingerprint density at radius 3 is 2.03 bits per heavy atom. The van der Waals surface area contributed by atoms with E-state index in [4.69, 9.17) is 0 Å². The molecule has 0 N–H and O–H groups in total. The highest BCUT2D eigenvalue weighted by molar-refractivity contribution is 7.89. The second-order valence-electron chi connectivity index (χ2n) is 6.98. The van der Waals surface area contributed by atoms with Crippen LogP contribution in [0.25, 0.3) is 0 Å². The van der Waals surface area contributed by atoms with Gasteiger partial charge >= 0.3 is 0 Å². The fourth-order valence-electron chi connectivity index (χ4n) is 2.82. The quantitative estimate of drug-likeness (QED) is 0.548. The van der Waals surface area contributed by atoms with Gasteiger partial charge in [-0.25, -0.2) is 8.42 Å². The second-order valence-corrected chi connectivity index (χ2v) is 9.03. The van der Waals surface area contributed by atoms with Crippen LogP contribution in [-0.4, -0.2) is 40.1 Å². The standard InChI is InChI=1S/C23H25N3O2S/c1-25(2)22-13-9-19(10-14-22)17-24-21-11-15-23(16-12-21)29(27,28)26(3)18-20-7-5-4-6-8-20/h4-17H,18H2,1-3H3. The van der Waals surface area contributed by atoms with E-state index in [0.717, 1.165) is 16.8 Å². The van der Waals surface area contributed by atoms with Crippen molar-refractivity contribution in [3.8, 4) is 0 Å². The second kappa shape index (κ2) is 9.03. The number of nitrogens with zero attached hydrogens (tertiary/aromatic N) is 3. The molecule has 6 heteroatoms. The molecule has 0 aliphatic heterocycles. The average molecular weight is 408 g/mol. The van der Waals surface area contributed by atoms with Gasteiger partial charge in [0.1, 0.15) is 0 Å². The van der Waals surface area contributed by atoms with E-state index in [2.05, 4.69) is 4.99 Å². The molecule has 0 saturated heterocycles. The highest BCUT2D eigenvalue weighted by atomic mass is 32.2. The summed E-state index contributed by atoms with van der Waals surface area (Å²) in [6.45, 7) is 0.325. The van der Waals surface area contributed by atoms with Crippen LogP contribution < -0.4 is 4.90 Å². The van der Waals surface area contributed by atoms with Crippen LogP contribution in [0.2, 0.25) is 0 Å². The monoisotopic (exact) mass is 407 g/mol. The maximum Gasteiger partial charge on any atom is 0.243 e. The predicted molar refractivity (Wildman–Crippen MR) is 120 cm³/mol. The van der Waals surface area contributed by atoms with Crippen molar-refractivity contribution in [1.29, 1.82) is 0 Å². The molecule has 3 aromatic carbocycles. The first-order chi connectivity index (χ1) is 13.9. The Bertz CT molecular complexity index is 1060. The molecule has 0 aliphatic carbocycles. The average Bonchev–Trinajstić information content (AvgIpc) is 2.73. The van der Waals surface area contributed by atoms with Crippen molar-refractivity contribution < 1.29 is 8.42 Å². The van der Waals surface area contributed by atoms with Gasteiger partial charge in [-0.2, -0.15) is 4.31 Å². The molecule has 0 spiro atoms. The molecule has 3 rings (SSSR count). The summed E-state index contributed by atoms with van der Waals surface area (Å²) in [7, 11) is 2.02. The van der Waals surface area contributed by atoms with Crippen molar-refractivity contribution in [3.05, 3.63) is 90.0 Å². The van der Waals surface area contributed by atoms with Crippen molar-refractivity contribution in [2.24, 2.45) is 4.99 Å². The van der Waals surface area contributed by atoms with Gasteiger partial charge < -0.3 is 4.90 Å². The minimum atomic E-state index is -3.56. The summed E-state index contributed by atoms with van der Waals surface area (Å²) in [4.78, 5) is 6.73. The largest absolute Gasteiger partial charge is 0.378 e. The van der Waals surface area contributed by atoms with Gasteiger partial charge in [0.25, 0.3) is 0 Å². The van der Waals surface area contributed by atoms with E-state index in [-0.39, 0.29) is 4.90 Å². The molecule has 0 saturated carbocycles. The molecule has 29 heavy (non-hydrogen) atoms. The molecular formula is C23H25N3O2S. The third-order valence-corrected chi connectivity index (χ3v) is 6.38. The first-order valence-corrected chi connectivity index (χ1v) is 10.7. The summed E-state index contributed by atoms with van der Waals surface area (Å²) in [5, 5.41) is 0. The fraction of sp³-hybridized carbons (Fsp3) is 0.174. The summed E-state index contributed by atoms with van der Waals surface area (Å²) in [5.41, 5.74) is 3.75. The number of hydrogen-bond acceptors (Lipinski definition) is 4. The van der Waals surface area contributed by atoms with E-state index >= 15 is 0 Å². The maximum absolute atomic E-state index is 12.8. The lowest BCUT2D eigenvalue weighted by atomic mass is 10.2. The lowest BCUT2D eigenvalue weighted by molar-refractivity contribution is 0.467. The topological polar surface area (TPSA) is 53.0 Å². The van der Waals surface area contributed by atoms with Gasteiger partial charge in [-0.1, -0.05) is 42.5 Å². The van der Waals surface area contributed by atoms with E-state index in [1.165, 1.54) is 4.31 Å². The SMILES string of the molecule is CN(C)c1ccc(C=Nc2ccc(S(=O)(=O)N(C)Cc3ccccc3)cc2)cc1. The maximum atomic E-state index is 12.8. The zero-order valence-corrected chi connectivity index (χ0v) is 17.7. The molecular weight excluding hydrogens is 382 g/mol. The highest BCUT2D eigenvalue weighted by Gasteiger charge is 2.20. The zero-order valence-electron chi connectivity index (χ0n) is 16.9. The van der Waals surface area contributed by atoms with E-state index < -0.39 is 10.0 Å². The van der Waals surface area contributed by atoms with Gasteiger partial charge in [-0.05, 0) is 47.5 Å². The Hall–Kier alpha value is -2.96. The van der Waals surface area contributed by atoms with Crippen molar-refractivity contribution >= 4 is 27.6 Å². The first-order valence-electron chi connectivity index (χ1n) is 9.28. The normalized spacial score (nSPS) is 11.9. The minimum Gasteiger partial charge on any atom is -0.378 e. The summed E-state index contributed by atoms with van der Waals surface area (Å²) in [6, 6.07) is 24.2. The molecule has 0 bridgehead atoms. The Morgan fingerprint density at radius 1 is 0.828 bits per heavy atom. The van der Waals surface area contributed by atoms with E-state index in [1.807, 2.05) is 73.6 Å². The van der Waals surface area contributed by atoms with Gasteiger partial charge in [-0.3, -0.25) is 4.99 Å². The number of anilines is 1. The molecule has 0 unspecified atom stereocenters. The van der Waals surface area contributed by atoms with Gasteiger partial charge in [0, 0.05) is 39.6 Å². The van der Waals surface area contributed by atoms with E-state index in [0.29, 0.717) is 12.2 Å². The lowest BCUT2D eigenvalue weighted by Crippen LogP contribution is -2.26. The van der Waals surface area contributed by atoms with Crippen LogP contribution in [0.1, 0.15) is 11.1 Å². The van der Waals surface area contributed by atoms with Crippen molar-refractivity contribution in [2.45, 2.75) is 11.4 Å². The summed E-state index contributed by atoms with van der Waals surface area (Å²) in [6.07, 6.45) is 1.77. The Morgan fingerprint density at radius 2 is 1.45 bits per heavy atom. The third kappa shape index (κ3) is 5.31. The fourth-order valence-corrected chi connectivity index (χ4v) is 3.98. The van der Waals surface area contributed by atoms with Crippen molar-refractivity contribution in [1.82, 2.24) is 4.31 Å². The summed E-state index contributed by atoms with van der Waals surface area (Å²) < 4.78 is 26.9. The number of hydrogen-bond donors (Lipinski definition) is 0. The molecule has 5 nitrogen and oxygen atoms in total. The number of aliphatic imine (C=N–C) groups is 1. The minimum absolute atomic E-state index is 0.255. The lowest BCUT2D eigenvalue weighted by Gasteiger charge is -2.17. The number of sulfonamides is 1. The Kier molecular flexibility index (Phi) is 6.46. The van der Waals surface area contributed by atoms with E-state index in [9.17, 15) is 8.42 Å². The summed E-state index contributed by atoms with van der Waals surface area (Å²) in [5.74, 6) is 0. The Labute approximate surface area is 173 Å². The third-order valence-electron chi connectivity index (χ3n) is 4.57. The zero-order chi connectivity index (χ0) is 20.9. The van der Waals surface area contributed by atoms with Crippen LogP contribution >= 0.6 is 0 Å². The summed E-state index contributed by atoms with van der Waals surface area (Å²) >= 11 is 0. The first kappa shape index (κ1) is 20.8. The smallest absolute Gasteiger partial charge is 0.243 e.